The van der Waals surface area contributed by atoms with Crippen molar-refractivity contribution < 1.29 is 22.4 Å². The lowest BCUT2D eigenvalue weighted by Gasteiger charge is -2.10. The summed E-state index contributed by atoms with van der Waals surface area (Å²) in [6, 6.07) is 1.98. The van der Waals surface area contributed by atoms with Crippen molar-refractivity contribution in [3.63, 3.8) is 0 Å². The second kappa shape index (κ2) is 4.47. The van der Waals surface area contributed by atoms with Gasteiger partial charge in [-0.1, -0.05) is 6.08 Å². The van der Waals surface area contributed by atoms with Crippen LogP contribution in [-0.2, 0) is 6.18 Å². The third kappa shape index (κ3) is 2.68. The second-order valence-electron chi connectivity index (χ2n) is 3.05. The summed E-state index contributed by atoms with van der Waals surface area (Å²) in [5.41, 5.74) is -1.80. The number of ketones is 1. The van der Waals surface area contributed by atoms with E-state index in [1.165, 1.54) is 13.0 Å². The molecule has 16 heavy (non-hydrogen) atoms. The van der Waals surface area contributed by atoms with Gasteiger partial charge in [-0.15, -0.1) is 0 Å². The largest absolute Gasteiger partial charge is 0.417 e. The van der Waals surface area contributed by atoms with E-state index >= 15 is 0 Å². The monoisotopic (exact) mass is 232 g/mol. The first-order valence-electron chi connectivity index (χ1n) is 4.40. The van der Waals surface area contributed by atoms with Crippen LogP contribution in [0.4, 0.5) is 17.6 Å². The molecule has 5 heteroatoms. The average molecular weight is 232 g/mol. The highest BCUT2D eigenvalue weighted by atomic mass is 19.4. The Morgan fingerprint density at radius 2 is 1.94 bits per heavy atom. The number of alkyl halides is 3. The lowest BCUT2D eigenvalue weighted by atomic mass is 10.0. The van der Waals surface area contributed by atoms with E-state index in [1.54, 1.807) is 0 Å². The number of benzene rings is 1. The molecule has 0 aliphatic heterocycles. The molecule has 0 N–H and O–H groups in total. The molecule has 0 amide bonds. The van der Waals surface area contributed by atoms with E-state index in [1.807, 2.05) is 0 Å². The predicted octanol–water partition coefficient (Wildman–Crippen LogP) is 3.60. The fourth-order valence-corrected chi connectivity index (χ4v) is 1.21. The SMILES string of the molecule is CC=CC(=O)c1ccc(F)cc1C(F)(F)F. The Hall–Kier alpha value is -1.65. The van der Waals surface area contributed by atoms with E-state index in [4.69, 9.17) is 0 Å². The number of carbonyl (C=O) groups is 1. The first-order valence-corrected chi connectivity index (χ1v) is 4.40. The molecule has 86 valence electrons. The quantitative estimate of drug-likeness (QED) is 0.432. The van der Waals surface area contributed by atoms with Gasteiger partial charge in [-0.25, -0.2) is 4.39 Å². The molecule has 0 bridgehead atoms. The Bertz CT molecular complexity index is 432. The molecular weight excluding hydrogens is 224 g/mol. The van der Waals surface area contributed by atoms with Gasteiger partial charge in [0.15, 0.2) is 5.78 Å². The predicted molar refractivity (Wildman–Crippen MR) is 50.5 cm³/mol. The van der Waals surface area contributed by atoms with Crippen molar-refractivity contribution in [2.75, 3.05) is 0 Å². The molecule has 0 spiro atoms. The highest BCUT2D eigenvalue weighted by Crippen LogP contribution is 2.32. The van der Waals surface area contributed by atoms with Gasteiger partial charge in [0.05, 0.1) is 5.56 Å². The van der Waals surface area contributed by atoms with Crippen molar-refractivity contribution in [1.29, 1.82) is 0 Å². The molecule has 0 fully saturated rings. The number of hydrogen-bond donors (Lipinski definition) is 0. The van der Waals surface area contributed by atoms with E-state index in [0.29, 0.717) is 6.07 Å². The van der Waals surface area contributed by atoms with E-state index in [9.17, 15) is 22.4 Å². The number of carbonyl (C=O) groups excluding carboxylic acids is 1. The van der Waals surface area contributed by atoms with Crippen LogP contribution in [-0.4, -0.2) is 5.78 Å². The lowest BCUT2D eigenvalue weighted by Crippen LogP contribution is -2.12. The van der Waals surface area contributed by atoms with Crippen LogP contribution in [0.15, 0.2) is 30.4 Å². The Morgan fingerprint density at radius 1 is 1.31 bits per heavy atom. The summed E-state index contributed by atoms with van der Waals surface area (Å²) in [4.78, 5) is 11.3. The molecule has 0 unspecified atom stereocenters. The molecular formula is C11H8F4O. The minimum absolute atomic E-state index is 0.316. The van der Waals surface area contributed by atoms with Crippen molar-refractivity contribution >= 4 is 5.78 Å². The first-order chi connectivity index (χ1) is 7.36. The fraction of sp³-hybridized carbons (Fsp3) is 0.182. The Balaban J connectivity index is 3.34. The molecule has 1 aromatic carbocycles. The topological polar surface area (TPSA) is 17.1 Å². The van der Waals surface area contributed by atoms with Gasteiger partial charge in [-0.2, -0.15) is 13.2 Å². The number of halogens is 4. The maximum Gasteiger partial charge on any atom is 0.417 e. The molecule has 0 aliphatic rings. The first kappa shape index (κ1) is 12.4. The molecule has 0 atom stereocenters. The van der Waals surface area contributed by atoms with Gasteiger partial charge in [0.2, 0.25) is 0 Å². The van der Waals surface area contributed by atoms with Crippen LogP contribution >= 0.6 is 0 Å². The zero-order chi connectivity index (χ0) is 12.3. The number of hydrogen-bond acceptors (Lipinski definition) is 1. The van der Waals surface area contributed by atoms with Crippen molar-refractivity contribution in [1.82, 2.24) is 0 Å². The average Bonchev–Trinajstić information content (AvgIpc) is 2.16. The maximum atomic E-state index is 12.7. The summed E-state index contributed by atoms with van der Waals surface area (Å²) in [5, 5.41) is 0. The van der Waals surface area contributed by atoms with Gasteiger partial charge in [0, 0.05) is 5.56 Å². The molecule has 0 aliphatic carbocycles. The van der Waals surface area contributed by atoms with Crippen LogP contribution in [0.2, 0.25) is 0 Å². The molecule has 0 saturated heterocycles. The van der Waals surface area contributed by atoms with Crippen molar-refractivity contribution in [2.24, 2.45) is 0 Å². The van der Waals surface area contributed by atoms with Gasteiger partial charge < -0.3 is 0 Å². The summed E-state index contributed by atoms with van der Waals surface area (Å²) >= 11 is 0. The van der Waals surface area contributed by atoms with Crippen LogP contribution in [0.25, 0.3) is 0 Å². The smallest absolute Gasteiger partial charge is 0.289 e. The lowest BCUT2D eigenvalue weighted by molar-refractivity contribution is -0.138. The van der Waals surface area contributed by atoms with Crippen molar-refractivity contribution in [2.45, 2.75) is 13.1 Å². The highest BCUT2D eigenvalue weighted by Gasteiger charge is 2.35. The fourth-order valence-electron chi connectivity index (χ4n) is 1.21. The normalized spacial score (nSPS) is 12.1. The van der Waals surface area contributed by atoms with E-state index < -0.39 is 28.9 Å². The van der Waals surface area contributed by atoms with Crippen LogP contribution in [0, 0.1) is 5.82 Å². The minimum Gasteiger partial charge on any atom is -0.289 e. The van der Waals surface area contributed by atoms with Crippen molar-refractivity contribution in [3.05, 3.63) is 47.3 Å². The molecule has 0 heterocycles. The summed E-state index contributed by atoms with van der Waals surface area (Å²) in [7, 11) is 0. The molecule has 0 saturated carbocycles. The van der Waals surface area contributed by atoms with Gasteiger partial charge in [0.1, 0.15) is 5.82 Å². The van der Waals surface area contributed by atoms with Gasteiger partial charge in [-0.05, 0) is 31.2 Å². The van der Waals surface area contributed by atoms with E-state index in [-0.39, 0.29) is 0 Å². The van der Waals surface area contributed by atoms with Crippen LogP contribution in [0.3, 0.4) is 0 Å². The molecule has 1 rings (SSSR count). The second-order valence-corrected chi connectivity index (χ2v) is 3.05. The maximum absolute atomic E-state index is 12.7. The standard InChI is InChI=1S/C11H8F4O/c1-2-3-10(16)8-5-4-7(12)6-9(8)11(13,14)15/h2-6H,1H3. The van der Waals surface area contributed by atoms with Crippen molar-refractivity contribution in [3.8, 4) is 0 Å². The molecule has 0 aromatic heterocycles. The number of allylic oxidation sites excluding steroid dienone is 2. The van der Waals surface area contributed by atoms with E-state index in [0.717, 1.165) is 18.2 Å². The van der Waals surface area contributed by atoms with Crippen LogP contribution < -0.4 is 0 Å². The van der Waals surface area contributed by atoms with Gasteiger partial charge in [-0.3, -0.25) is 4.79 Å². The van der Waals surface area contributed by atoms with Gasteiger partial charge in [0.25, 0.3) is 0 Å². The molecule has 1 aromatic rings. The Labute approximate surface area is 89.4 Å². The summed E-state index contributed by atoms with van der Waals surface area (Å²) in [6.45, 7) is 1.51. The highest BCUT2D eigenvalue weighted by molar-refractivity contribution is 6.05. The number of rotatable bonds is 2. The summed E-state index contributed by atoms with van der Waals surface area (Å²) in [5.74, 6) is -1.82. The Morgan fingerprint density at radius 3 is 2.44 bits per heavy atom. The van der Waals surface area contributed by atoms with E-state index in [2.05, 4.69) is 0 Å². The third-order valence-corrected chi connectivity index (χ3v) is 1.87. The van der Waals surface area contributed by atoms with Crippen LogP contribution in [0.5, 0.6) is 0 Å². The Kier molecular flexibility index (Phi) is 3.47. The van der Waals surface area contributed by atoms with Gasteiger partial charge >= 0.3 is 6.18 Å². The summed E-state index contributed by atoms with van der Waals surface area (Å²) in [6.07, 6.45) is -2.41. The zero-order valence-electron chi connectivity index (χ0n) is 8.31. The van der Waals surface area contributed by atoms with Crippen LogP contribution in [0.1, 0.15) is 22.8 Å². The molecule has 1 nitrogen and oxygen atoms in total. The summed E-state index contributed by atoms with van der Waals surface area (Å²) < 4.78 is 50.2. The molecule has 0 radical (unpaired) electrons. The minimum atomic E-state index is -4.74. The zero-order valence-corrected chi connectivity index (χ0v) is 8.31. The third-order valence-electron chi connectivity index (χ3n) is 1.87.